The number of hydrogen-bond donors (Lipinski definition) is 2. The number of nitrogens with two attached hydrogens (primary N) is 1. The molecule has 2 nitrogen and oxygen atoms in total. The minimum absolute atomic E-state index is 0.176. The quantitative estimate of drug-likeness (QED) is 0.573. The Morgan fingerprint density at radius 1 is 1.75 bits per heavy atom. The molecule has 0 aromatic carbocycles. The van der Waals surface area contributed by atoms with E-state index in [2.05, 4.69) is 0 Å². The van der Waals surface area contributed by atoms with Crippen LogP contribution in [-0.2, 0) is 0 Å². The van der Waals surface area contributed by atoms with Gasteiger partial charge in [-0.1, -0.05) is 0 Å². The van der Waals surface area contributed by atoms with Gasteiger partial charge in [-0.05, 0) is 12.7 Å². The van der Waals surface area contributed by atoms with E-state index in [0.29, 0.717) is 0 Å². The molecule has 1 unspecified atom stereocenters. The van der Waals surface area contributed by atoms with E-state index in [9.17, 15) is 0 Å². The van der Waals surface area contributed by atoms with E-state index in [-0.39, 0.29) is 12.6 Å². The van der Waals surface area contributed by atoms with Crippen LogP contribution in [0.1, 0.15) is 6.42 Å². The zero-order chi connectivity index (χ0) is 6.41. The lowest BCUT2D eigenvalue weighted by molar-refractivity contribution is 0.279. The highest BCUT2D eigenvalue weighted by Gasteiger charge is 1.97. The van der Waals surface area contributed by atoms with Crippen molar-refractivity contribution in [2.24, 2.45) is 5.73 Å². The summed E-state index contributed by atoms with van der Waals surface area (Å²) < 4.78 is 0. The van der Waals surface area contributed by atoms with Crippen LogP contribution >= 0.6 is 11.8 Å². The lowest BCUT2D eigenvalue weighted by Gasteiger charge is -2.05. The van der Waals surface area contributed by atoms with Gasteiger partial charge >= 0.3 is 0 Å². The Balaban J connectivity index is 2.92. The van der Waals surface area contributed by atoms with E-state index in [1.165, 1.54) is 0 Å². The van der Waals surface area contributed by atoms with Crippen molar-refractivity contribution in [1.29, 1.82) is 0 Å². The van der Waals surface area contributed by atoms with Gasteiger partial charge in [-0.3, -0.25) is 0 Å². The van der Waals surface area contributed by atoms with Crippen LogP contribution < -0.4 is 5.73 Å². The third-order valence-electron chi connectivity index (χ3n) is 0.881. The Bertz CT molecular complexity index is 45.7. The van der Waals surface area contributed by atoms with Gasteiger partial charge < -0.3 is 10.8 Å². The van der Waals surface area contributed by atoms with Crippen LogP contribution in [0.2, 0.25) is 0 Å². The molecule has 0 amide bonds. The molecule has 0 aliphatic carbocycles. The Hall–Kier alpha value is 0.270. The predicted octanol–water partition coefficient (Wildman–Crippen LogP) is 0.0591. The van der Waals surface area contributed by atoms with Gasteiger partial charge in [0, 0.05) is 18.4 Å². The smallest absolute Gasteiger partial charge is 0.0446 e. The largest absolute Gasteiger partial charge is 0.396 e. The molecule has 0 saturated heterocycles. The second-order valence-electron chi connectivity index (χ2n) is 1.73. The second-order valence-corrected chi connectivity index (χ2v) is 2.64. The van der Waals surface area contributed by atoms with Crippen LogP contribution in [0.4, 0.5) is 0 Å². The van der Waals surface area contributed by atoms with Crippen LogP contribution in [0, 0.1) is 0 Å². The summed E-state index contributed by atoms with van der Waals surface area (Å²) in [5.41, 5.74) is 5.51. The SMILES string of the molecule is CSCC(N)CCO. The Morgan fingerprint density at radius 3 is 2.75 bits per heavy atom. The van der Waals surface area contributed by atoms with Crippen LogP contribution in [0.3, 0.4) is 0 Å². The molecule has 0 heterocycles. The van der Waals surface area contributed by atoms with E-state index in [0.717, 1.165) is 12.2 Å². The monoisotopic (exact) mass is 135 g/mol. The highest BCUT2D eigenvalue weighted by molar-refractivity contribution is 7.98. The first kappa shape index (κ1) is 8.27. The van der Waals surface area contributed by atoms with Gasteiger partial charge in [-0.25, -0.2) is 0 Å². The molecule has 0 bridgehead atoms. The van der Waals surface area contributed by atoms with Gasteiger partial charge in [0.05, 0.1) is 0 Å². The zero-order valence-corrected chi connectivity index (χ0v) is 5.95. The topological polar surface area (TPSA) is 46.2 Å². The molecule has 0 aromatic rings. The Labute approximate surface area is 54.5 Å². The molecule has 0 aliphatic rings. The van der Waals surface area contributed by atoms with Gasteiger partial charge in [0.25, 0.3) is 0 Å². The number of aliphatic hydroxyl groups is 1. The van der Waals surface area contributed by atoms with Gasteiger partial charge in [0.15, 0.2) is 0 Å². The molecule has 0 rings (SSSR count). The average molecular weight is 135 g/mol. The molecule has 0 fully saturated rings. The molecule has 3 N–H and O–H groups in total. The summed E-state index contributed by atoms with van der Waals surface area (Å²) in [6.45, 7) is 0.210. The fourth-order valence-electron chi connectivity index (χ4n) is 0.463. The first-order chi connectivity index (χ1) is 3.81. The molecular weight excluding hydrogens is 122 g/mol. The molecule has 8 heavy (non-hydrogen) atoms. The first-order valence-electron chi connectivity index (χ1n) is 2.66. The molecule has 0 aliphatic heterocycles. The fourth-order valence-corrected chi connectivity index (χ4v) is 1.06. The van der Waals surface area contributed by atoms with Crippen molar-refractivity contribution in [3.05, 3.63) is 0 Å². The van der Waals surface area contributed by atoms with Crippen LogP contribution in [0.15, 0.2) is 0 Å². The fraction of sp³-hybridized carbons (Fsp3) is 1.00. The highest BCUT2D eigenvalue weighted by Crippen LogP contribution is 1.96. The van der Waals surface area contributed by atoms with E-state index < -0.39 is 0 Å². The Morgan fingerprint density at radius 2 is 2.38 bits per heavy atom. The second kappa shape index (κ2) is 5.41. The van der Waals surface area contributed by atoms with Crippen LogP contribution in [0.5, 0.6) is 0 Å². The first-order valence-corrected chi connectivity index (χ1v) is 4.06. The maximum absolute atomic E-state index is 8.37. The van der Waals surface area contributed by atoms with Gasteiger partial charge in [-0.15, -0.1) is 0 Å². The van der Waals surface area contributed by atoms with E-state index in [1.54, 1.807) is 11.8 Å². The van der Waals surface area contributed by atoms with Crippen molar-refractivity contribution in [1.82, 2.24) is 0 Å². The predicted molar refractivity (Wildman–Crippen MR) is 38.1 cm³/mol. The van der Waals surface area contributed by atoms with Crippen molar-refractivity contribution in [3.8, 4) is 0 Å². The van der Waals surface area contributed by atoms with Crippen LogP contribution in [0.25, 0.3) is 0 Å². The summed E-state index contributed by atoms with van der Waals surface area (Å²) >= 11 is 1.71. The summed E-state index contributed by atoms with van der Waals surface area (Å²) in [6.07, 6.45) is 2.73. The molecular formula is C5H13NOS. The summed E-state index contributed by atoms with van der Waals surface area (Å²) in [4.78, 5) is 0. The average Bonchev–Trinajstić information content (AvgIpc) is 1.68. The number of aliphatic hydroxyl groups excluding tert-OH is 1. The van der Waals surface area contributed by atoms with E-state index >= 15 is 0 Å². The third-order valence-corrected chi connectivity index (χ3v) is 1.64. The lowest BCUT2D eigenvalue weighted by Crippen LogP contribution is -2.23. The molecule has 0 radical (unpaired) electrons. The minimum Gasteiger partial charge on any atom is -0.396 e. The van der Waals surface area contributed by atoms with Gasteiger partial charge in [0.1, 0.15) is 0 Å². The van der Waals surface area contributed by atoms with Crippen LogP contribution in [-0.4, -0.2) is 29.8 Å². The zero-order valence-electron chi connectivity index (χ0n) is 5.13. The molecule has 50 valence electrons. The lowest BCUT2D eigenvalue weighted by atomic mass is 10.3. The molecule has 3 heteroatoms. The highest BCUT2D eigenvalue weighted by atomic mass is 32.2. The Kier molecular flexibility index (Phi) is 5.59. The van der Waals surface area contributed by atoms with Gasteiger partial charge in [0.2, 0.25) is 0 Å². The normalized spacial score (nSPS) is 13.9. The maximum atomic E-state index is 8.37. The summed E-state index contributed by atoms with van der Waals surface area (Å²) in [6, 6.07) is 0.176. The van der Waals surface area contributed by atoms with Crippen molar-refractivity contribution >= 4 is 11.8 Å². The summed E-state index contributed by atoms with van der Waals surface area (Å²) in [7, 11) is 0. The standard InChI is InChI=1S/C5H13NOS/c1-8-4-5(6)2-3-7/h5,7H,2-4,6H2,1H3. The third kappa shape index (κ3) is 4.43. The molecule has 0 spiro atoms. The van der Waals surface area contributed by atoms with Gasteiger partial charge in [-0.2, -0.15) is 11.8 Å². The van der Waals surface area contributed by atoms with E-state index in [4.69, 9.17) is 10.8 Å². The van der Waals surface area contributed by atoms with Crippen molar-refractivity contribution in [2.75, 3.05) is 18.6 Å². The molecule has 0 saturated carbocycles. The van der Waals surface area contributed by atoms with Crippen molar-refractivity contribution in [3.63, 3.8) is 0 Å². The van der Waals surface area contributed by atoms with E-state index in [1.807, 2.05) is 6.26 Å². The molecule has 0 aromatic heterocycles. The summed E-state index contributed by atoms with van der Waals surface area (Å²) in [5, 5.41) is 8.37. The minimum atomic E-state index is 0.176. The number of thioether (sulfide) groups is 1. The van der Waals surface area contributed by atoms with Crippen molar-refractivity contribution in [2.45, 2.75) is 12.5 Å². The molecule has 1 atom stereocenters. The number of hydrogen-bond acceptors (Lipinski definition) is 3. The number of rotatable bonds is 4. The van der Waals surface area contributed by atoms with Crippen molar-refractivity contribution < 1.29 is 5.11 Å². The summed E-state index contributed by atoms with van der Waals surface area (Å²) in [5.74, 6) is 0.945. The maximum Gasteiger partial charge on any atom is 0.0446 e.